The molecule has 26 heavy (non-hydrogen) atoms. The Labute approximate surface area is 160 Å². The number of nitrogens with one attached hydrogen (secondary N) is 1. The fraction of sp³-hybridized carbons (Fsp3) is 0.600. The van der Waals surface area contributed by atoms with E-state index in [1.807, 2.05) is 28.5 Å². The van der Waals surface area contributed by atoms with Crippen molar-refractivity contribution in [1.29, 1.82) is 0 Å². The predicted molar refractivity (Wildman–Crippen MR) is 107 cm³/mol. The number of benzene rings is 1. The van der Waals surface area contributed by atoms with Gasteiger partial charge in [0, 0.05) is 50.1 Å². The van der Waals surface area contributed by atoms with Crippen molar-refractivity contribution in [2.45, 2.75) is 26.2 Å². The number of nitrogens with zero attached hydrogens (tertiary/aromatic N) is 2. The van der Waals surface area contributed by atoms with Gasteiger partial charge in [-0.3, -0.25) is 4.79 Å². The lowest BCUT2D eigenvalue weighted by Gasteiger charge is -2.40. The van der Waals surface area contributed by atoms with Crippen LogP contribution in [0.25, 0.3) is 0 Å². The number of carbonyl (C=O) groups excluding carboxylic acids is 2. The van der Waals surface area contributed by atoms with Crippen LogP contribution in [0.5, 0.6) is 0 Å². The van der Waals surface area contributed by atoms with Crippen molar-refractivity contribution in [2.75, 3.05) is 44.2 Å². The molecule has 2 fully saturated rings. The summed E-state index contributed by atoms with van der Waals surface area (Å²) in [5.41, 5.74) is 2.44. The molecule has 0 aliphatic carbocycles. The maximum Gasteiger partial charge on any atom is 0.317 e. The van der Waals surface area contributed by atoms with Gasteiger partial charge in [-0.1, -0.05) is 29.8 Å². The molecule has 0 spiro atoms. The molecule has 0 bridgehead atoms. The molecule has 6 heteroatoms. The number of carbonyl (C=O) groups is 2. The van der Waals surface area contributed by atoms with Crippen LogP contribution in [0.1, 0.15) is 30.4 Å². The minimum atomic E-state index is -0.111. The first-order valence-corrected chi connectivity index (χ1v) is 10.7. The van der Waals surface area contributed by atoms with Gasteiger partial charge in [0.2, 0.25) is 5.91 Å². The second kappa shape index (κ2) is 8.80. The van der Waals surface area contributed by atoms with E-state index in [1.54, 1.807) is 0 Å². The van der Waals surface area contributed by atoms with E-state index in [9.17, 15) is 9.59 Å². The molecule has 2 atom stereocenters. The SMILES string of the molecule is CCNC(=O)N1CC(C(=O)N2CCSCC2)CC(c2cccc(C)c2)C1. The highest BCUT2D eigenvalue weighted by molar-refractivity contribution is 7.99. The van der Waals surface area contributed by atoms with Crippen LogP contribution in [0.4, 0.5) is 4.79 Å². The van der Waals surface area contributed by atoms with E-state index in [2.05, 4.69) is 36.5 Å². The Bertz CT molecular complexity index is 646. The second-order valence-electron chi connectivity index (χ2n) is 7.22. The van der Waals surface area contributed by atoms with Gasteiger partial charge in [0.25, 0.3) is 0 Å². The highest BCUT2D eigenvalue weighted by Crippen LogP contribution is 2.32. The topological polar surface area (TPSA) is 52.7 Å². The first kappa shape index (κ1) is 19.1. The van der Waals surface area contributed by atoms with Crippen molar-refractivity contribution in [3.63, 3.8) is 0 Å². The summed E-state index contributed by atoms with van der Waals surface area (Å²) in [6.45, 7) is 7.47. The van der Waals surface area contributed by atoms with Crippen LogP contribution in [0.2, 0.25) is 0 Å². The molecule has 142 valence electrons. The Kier molecular flexibility index (Phi) is 6.46. The lowest BCUT2D eigenvalue weighted by atomic mass is 9.83. The van der Waals surface area contributed by atoms with Crippen molar-refractivity contribution in [3.8, 4) is 0 Å². The standard InChI is InChI=1S/C20H29N3O2S/c1-3-21-20(25)23-13-17(16-6-4-5-15(2)11-16)12-18(14-23)19(24)22-7-9-26-10-8-22/h4-6,11,17-18H,3,7-10,12-14H2,1-2H3,(H,21,25). The van der Waals surface area contributed by atoms with Gasteiger partial charge in [-0.2, -0.15) is 11.8 Å². The average Bonchev–Trinajstić information content (AvgIpc) is 2.68. The van der Waals surface area contributed by atoms with Gasteiger partial charge in [0.15, 0.2) is 0 Å². The first-order chi connectivity index (χ1) is 12.6. The molecule has 1 N–H and O–H groups in total. The summed E-state index contributed by atoms with van der Waals surface area (Å²) in [6, 6.07) is 8.40. The number of piperidine rings is 1. The highest BCUT2D eigenvalue weighted by atomic mass is 32.2. The molecule has 2 unspecified atom stereocenters. The van der Waals surface area contributed by atoms with E-state index in [1.165, 1.54) is 11.1 Å². The van der Waals surface area contributed by atoms with Crippen LogP contribution in [-0.2, 0) is 4.79 Å². The van der Waals surface area contributed by atoms with Gasteiger partial charge >= 0.3 is 6.03 Å². The molecule has 1 aromatic carbocycles. The molecule has 0 radical (unpaired) electrons. The van der Waals surface area contributed by atoms with Crippen molar-refractivity contribution in [1.82, 2.24) is 15.1 Å². The number of likely N-dealkylation sites (tertiary alicyclic amines) is 1. The van der Waals surface area contributed by atoms with Gasteiger partial charge in [-0.05, 0) is 25.8 Å². The number of urea groups is 1. The third-order valence-corrected chi connectivity index (χ3v) is 6.19. The molecular formula is C20H29N3O2S. The first-order valence-electron chi connectivity index (χ1n) is 9.54. The van der Waals surface area contributed by atoms with E-state index in [4.69, 9.17) is 0 Å². The van der Waals surface area contributed by atoms with E-state index < -0.39 is 0 Å². The molecule has 5 nitrogen and oxygen atoms in total. The van der Waals surface area contributed by atoms with Gasteiger partial charge < -0.3 is 15.1 Å². The number of amides is 3. The molecule has 2 saturated heterocycles. The van der Waals surface area contributed by atoms with E-state index >= 15 is 0 Å². The van der Waals surface area contributed by atoms with Crippen LogP contribution in [0.15, 0.2) is 24.3 Å². The Hall–Kier alpha value is -1.69. The van der Waals surface area contributed by atoms with Crippen LogP contribution < -0.4 is 5.32 Å². The summed E-state index contributed by atoms with van der Waals surface area (Å²) in [4.78, 5) is 29.4. The van der Waals surface area contributed by atoms with Crippen LogP contribution in [-0.4, -0.2) is 66.0 Å². The summed E-state index contributed by atoms with van der Waals surface area (Å²) >= 11 is 1.91. The Morgan fingerprint density at radius 1 is 1.19 bits per heavy atom. The summed E-state index contributed by atoms with van der Waals surface area (Å²) in [7, 11) is 0. The highest BCUT2D eigenvalue weighted by Gasteiger charge is 2.36. The van der Waals surface area contributed by atoms with Crippen LogP contribution in [0, 0.1) is 12.8 Å². The summed E-state index contributed by atoms with van der Waals surface area (Å²) in [5, 5.41) is 2.90. The molecule has 0 saturated carbocycles. The quantitative estimate of drug-likeness (QED) is 0.884. The van der Waals surface area contributed by atoms with E-state index in [0.29, 0.717) is 19.6 Å². The Morgan fingerprint density at radius 3 is 2.65 bits per heavy atom. The van der Waals surface area contributed by atoms with Crippen LogP contribution >= 0.6 is 11.8 Å². The average molecular weight is 376 g/mol. The Morgan fingerprint density at radius 2 is 1.96 bits per heavy atom. The molecule has 0 aromatic heterocycles. The molecule has 2 aliphatic heterocycles. The third-order valence-electron chi connectivity index (χ3n) is 5.25. The number of hydrogen-bond acceptors (Lipinski definition) is 3. The fourth-order valence-electron chi connectivity index (χ4n) is 3.91. The van der Waals surface area contributed by atoms with Gasteiger partial charge in [-0.15, -0.1) is 0 Å². The number of thioether (sulfide) groups is 1. The normalized spacial score (nSPS) is 23.6. The van der Waals surface area contributed by atoms with Crippen LogP contribution in [0.3, 0.4) is 0 Å². The smallest absolute Gasteiger partial charge is 0.317 e. The maximum absolute atomic E-state index is 13.1. The van der Waals surface area contributed by atoms with E-state index in [0.717, 1.165) is 31.0 Å². The summed E-state index contributed by atoms with van der Waals surface area (Å²) in [6.07, 6.45) is 0.821. The monoisotopic (exact) mass is 375 g/mol. The fourth-order valence-corrected chi connectivity index (χ4v) is 4.82. The second-order valence-corrected chi connectivity index (χ2v) is 8.45. The zero-order valence-electron chi connectivity index (χ0n) is 15.7. The van der Waals surface area contributed by atoms with Gasteiger partial charge in [0.1, 0.15) is 0 Å². The minimum absolute atomic E-state index is 0.0585. The molecule has 2 heterocycles. The van der Waals surface area contributed by atoms with Crippen molar-refractivity contribution in [3.05, 3.63) is 35.4 Å². The van der Waals surface area contributed by atoms with Gasteiger partial charge in [-0.25, -0.2) is 4.79 Å². The molecule has 2 aliphatic rings. The zero-order valence-corrected chi connectivity index (χ0v) is 16.6. The largest absolute Gasteiger partial charge is 0.341 e. The molecular weight excluding hydrogens is 346 g/mol. The van der Waals surface area contributed by atoms with Crippen molar-refractivity contribution >= 4 is 23.7 Å². The number of rotatable bonds is 3. The third kappa shape index (κ3) is 4.53. The predicted octanol–water partition coefficient (Wildman–Crippen LogP) is 2.71. The van der Waals surface area contributed by atoms with Crippen molar-refractivity contribution < 1.29 is 9.59 Å². The molecule has 3 amide bonds. The maximum atomic E-state index is 13.1. The Balaban J connectivity index is 1.79. The zero-order chi connectivity index (χ0) is 18.5. The lowest BCUT2D eigenvalue weighted by Crippen LogP contribution is -2.52. The lowest BCUT2D eigenvalue weighted by molar-refractivity contribution is -0.136. The summed E-state index contributed by atoms with van der Waals surface area (Å²) < 4.78 is 0. The number of aryl methyl sites for hydroxylation is 1. The number of hydrogen-bond donors (Lipinski definition) is 1. The molecule has 3 rings (SSSR count). The minimum Gasteiger partial charge on any atom is -0.341 e. The summed E-state index contributed by atoms with van der Waals surface area (Å²) in [5.74, 6) is 2.34. The molecule has 1 aromatic rings. The van der Waals surface area contributed by atoms with Crippen molar-refractivity contribution in [2.24, 2.45) is 5.92 Å². The van der Waals surface area contributed by atoms with Gasteiger partial charge in [0.05, 0.1) is 5.92 Å². The van der Waals surface area contributed by atoms with E-state index in [-0.39, 0.29) is 23.8 Å².